The number of thioether (sulfide) groups is 1. The molecule has 9 heteroatoms. The fourth-order valence-electron chi connectivity index (χ4n) is 3.47. The first-order chi connectivity index (χ1) is 14.3. The van der Waals surface area contributed by atoms with Crippen LogP contribution in [0.4, 0.5) is 16.2 Å². The van der Waals surface area contributed by atoms with Gasteiger partial charge in [0.2, 0.25) is 0 Å². The number of hydrogen-bond acceptors (Lipinski definition) is 5. The zero-order chi connectivity index (χ0) is 21.7. The standard InChI is InChI=1S/C21H23ClN4O3S/c1-21(12-3-13-30-2)14-25(24-19(21)15-4-6-16(22)7-5-15)20(27)23-17-8-10-18(11-9-17)26(28)29/h4-11H,3,12-14H2,1-2H3,(H,23,27). The molecule has 0 radical (unpaired) electrons. The van der Waals surface area contributed by atoms with Gasteiger partial charge in [-0.25, -0.2) is 9.80 Å². The molecule has 1 aliphatic rings. The Morgan fingerprint density at radius 3 is 2.53 bits per heavy atom. The van der Waals surface area contributed by atoms with Gasteiger partial charge in [0.05, 0.1) is 17.2 Å². The predicted molar refractivity (Wildman–Crippen MR) is 123 cm³/mol. The average molecular weight is 447 g/mol. The zero-order valence-electron chi connectivity index (χ0n) is 16.8. The molecule has 1 unspecified atom stereocenters. The predicted octanol–water partition coefficient (Wildman–Crippen LogP) is 5.65. The number of hydrogen-bond donors (Lipinski definition) is 1. The van der Waals surface area contributed by atoms with Gasteiger partial charge in [0.15, 0.2) is 0 Å². The Morgan fingerprint density at radius 1 is 1.27 bits per heavy atom. The van der Waals surface area contributed by atoms with Gasteiger partial charge in [0.25, 0.3) is 5.69 Å². The monoisotopic (exact) mass is 446 g/mol. The molecule has 1 aliphatic heterocycles. The van der Waals surface area contributed by atoms with Crippen LogP contribution >= 0.6 is 23.4 Å². The minimum absolute atomic E-state index is 0.0291. The fourth-order valence-corrected chi connectivity index (χ4v) is 4.03. The van der Waals surface area contributed by atoms with Crippen molar-refractivity contribution in [3.63, 3.8) is 0 Å². The summed E-state index contributed by atoms with van der Waals surface area (Å²) in [6, 6.07) is 12.8. The molecule has 3 rings (SSSR count). The molecule has 0 aromatic heterocycles. The highest BCUT2D eigenvalue weighted by Gasteiger charge is 2.40. The number of carbonyl (C=O) groups excluding carboxylic acids is 1. The van der Waals surface area contributed by atoms with Gasteiger partial charge in [-0.15, -0.1) is 0 Å². The summed E-state index contributed by atoms with van der Waals surface area (Å²) in [7, 11) is 0. The number of urea groups is 1. The van der Waals surface area contributed by atoms with Crippen molar-refractivity contribution in [3.8, 4) is 0 Å². The van der Waals surface area contributed by atoms with Crippen LogP contribution in [0.15, 0.2) is 53.6 Å². The first-order valence-corrected chi connectivity index (χ1v) is 11.3. The van der Waals surface area contributed by atoms with Crippen LogP contribution in [0.5, 0.6) is 0 Å². The van der Waals surface area contributed by atoms with Crippen LogP contribution < -0.4 is 5.32 Å². The van der Waals surface area contributed by atoms with Crippen molar-refractivity contribution in [2.45, 2.75) is 19.8 Å². The molecule has 0 fully saturated rings. The molecule has 7 nitrogen and oxygen atoms in total. The molecular weight excluding hydrogens is 424 g/mol. The van der Waals surface area contributed by atoms with Crippen molar-refractivity contribution in [3.05, 3.63) is 69.2 Å². The van der Waals surface area contributed by atoms with E-state index in [0.29, 0.717) is 17.3 Å². The van der Waals surface area contributed by atoms with E-state index in [1.54, 1.807) is 11.8 Å². The minimum atomic E-state index is -0.477. The van der Waals surface area contributed by atoms with Crippen molar-refractivity contribution in [1.29, 1.82) is 0 Å². The normalized spacial score (nSPS) is 18.2. The average Bonchev–Trinajstić information content (AvgIpc) is 3.07. The Morgan fingerprint density at radius 2 is 1.93 bits per heavy atom. The van der Waals surface area contributed by atoms with Crippen molar-refractivity contribution in [2.75, 3.05) is 23.9 Å². The third kappa shape index (κ3) is 5.12. The number of benzene rings is 2. The number of nitro benzene ring substituents is 1. The van der Waals surface area contributed by atoms with E-state index in [4.69, 9.17) is 11.6 Å². The summed E-state index contributed by atoms with van der Waals surface area (Å²) in [5.74, 6) is 1.04. The lowest BCUT2D eigenvalue weighted by molar-refractivity contribution is -0.384. The molecule has 30 heavy (non-hydrogen) atoms. The van der Waals surface area contributed by atoms with Gasteiger partial charge in [0, 0.05) is 28.3 Å². The lowest BCUT2D eigenvalue weighted by Crippen LogP contribution is -2.35. The number of nitrogens with one attached hydrogen (secondary N) is 1. The molecule has 0 saturated heterocycles. The van der Waals surface area contributed by atoms with Crippen LogP contribution in [0, 0.1) is 15.5 Å². The zero-order valence-corrected chi connectivity index (χ0v) is 18.4. The summed E-state index contributed by atoms with van der Waals surface area (Å²) in [6.45, 7) is 2.58. The summed E-state index contributed by atoms with van der Waals surface area (Å²) in [5.41, 5.74) is 1.97. The Hall–Kier alpha value is -2.58. The van der Waals surface area contributed by atoms with Crippen LogP contribution in [-0.2, 0) is 0 Å². The number of carbonyl (C=O) groups is 1. The Labute approximate surface area is 184 Å². The van der Waals surface area contributed by atoms with Crippen molar-refractivity contribution < 1.29 is 9.72 Å². The number of amides is 2. The van der Waals surface area contributed by atoms with Crippen LogP contribution in [0.2, 0.25) is 5.02 Å². The van der Waals surface area contributed by atoms with Gasteiger partial charge in [-0.05, 0) is 54.7 Å². The van der Waals surface area contributed by atoms with Crippen LogP contribution in [0.3, 0.4) is 0 Å². The first-order valence-electron chi connectivity index (χ1n) is 9.49. The number of nitrogens with zero attached hydrogens (tertiary/aromatic N) is 3. The summed E-state index contributed by atoms with van der Waals surface area (Å²) >= 11 is 7.83. The quantitative estimate of drug-likeness (QED) is 0.338. The van der Waals surface area contributed by atoms with Gasteiger partial charge >= 0.3 is 6.03 Å². The van der Waals surface area contributed by atoms with Gasteiger partial charge in [-0.1, -0.05) is 30.7 Å². The summed E-state index contributed by atoms with van der Waals surface area (Å²) < 4.78 is 0. The summed E-state index contributed by atoms with van der Waals surface area (Å²) in [4.78, 5) is 23.2. The highest BCUT2D eigenvalue weighted by Crippen LogP contribution is 2.36. The smallest absolute Gasteiger partial charge is 0.306 e. The van der Waals surface area contributed by atoms with E-state index in [1.165, 1.54) is 29.3 Å². The number of nitro groups is 1. The van der Waals surface area contributed by atoms with Crippen molar-refractivity contribution in [2.24, 2.45) is 10.5 Å². The van der Waals surface area contributed by atoms with Gasteiger partial charge in [-0.3, -0.25) is 10.1 Å². The van der Waals surface area contributed by atoms with E-state index in [0.717, 1.165) is 29.9 Å². The first kappa shape index (κ1) is 22.1. The van der Waals surface area contributed by atoms with E-state index in [1.807, 2.05) is 24.3 Å². The van der Waals surface area contributed by atoms with Gasteiger partial charge < -0.3 is 5.32 Å². The van der Waals surface area contributed by atoms with E-state index >= 15 is 0 Å². The number of anilines is 1. The van der Waals surface area contributed by atoms with Crippen molar-refractivity contribution >= 4 is 46.5 Å². The van der Waals surface area contributed by atoms with E-state index < -0.39 is 4.92 Å². The molecule has 0 spiro atoms. The number of non-ortho nitro benzene ring substituents is 1. The van der Waals surface area contributed by atoms with E-state index in [-0.39, 0.29) is 17.1 Å². The SMILES string of the molecule is CSCCCC1(C)CN(C(=O)Nc2ccc([N+](=O)[O-])cc2)N=C1c1ccc(Cl)cc1. The third-order valence-corrected chi connectivity index (χ3v) is 6.00. The van der Waals surface area contributed by atoms with Gasteiger partial charge in [0.1, 0.15) is 0 Å². The molecule has 1 N–H and O–H groups in total. The molecule has 0 bridgehead atoms. The molecule has 0 aliphatic carbocycles. The maximum atomic E-state index is 12.8. The second-order valence-corrected chi connectivity index (χ2v) is 8.83. The van der Waals surface area contributed by atoms with Crippen molar-refractivity contribution in [1.82, 2.24) is 5.01 Å². The number of halogens is 1. The highest BCUT2D eigenvalue weighted by molar-refractivity contribution is 7.98. The fraction of sp³-hybridized carbons (Fsp3) is 0.333. The molecular formula is C21H23ClN4O3S. The molecule has 0 saturated carbocycles. The molecule has 2 amide bonds. The van der Waals surface area contributed by atoms with E-state index in [9.17, 15) is 14.9 Å². The second-order valence-electron chi connectivity index (χ2n) is 7.40. The molecule has 1 heterocycles. The van der Waals surface area contributed by atoms with Crippen LogP contribution in [0.25, 0.3) is 0 Å². The second kappa shape index (κ2) is 9.49. The van der Waals surface area contributed by atoms with Crippen LogP contribution in [-0.4, -0.2) is 40.2 Å². The number of hydrazone groups is 1. The maximum Gasteiger partial charge on any atom is 0.342 e. The summed E-state index contributed by atoms with van der Waals surface area (Å²) in [5, 5.41) is 20.3. The highest BCUT2D eigenvalue weighted by atomic mass is 35.5. The largest absolute Gasteiger partial charge is 0.342 e. The maximum absolute atomic E-state index is 12.8. The third-order valence-electron chi connectivity index (χ3n) is 5.05. The minimum Gasteiger partial charge on any atom is -0.306 e. The lowest BCUT2D eigenvalue weighted by Gasteiger charge is -2.26. The molecule has 158 valence electrons. The Balaban J connectivity index is 1.80. The molecule has 2 aromatic carbocycles. The molecule has 1 atom stereocenters. The van der Waals surface area contributed by atoms with Gasteiger partial charge in [-0.2, -0.15) is 16.9 Å². The van der Waals surface area contributed by atoms with E-state index in [2.05, 4.69) is 23.6 Å². The number of rotatable bonds is 7. The lowest BCUT2D eigenvalue weighted by atomic mass is 9.78. The molecule has 2 aromatic rings. The summed E-state index contributed by atoms with van der Waals surface area (Å²) in [6.07, 6.45) is 3.99. The Kier molecular flexibility index (Phi) is 6.99. The van der Waals surface area contributed by atoms with Crippen LogP contribution in [0.1, 0.15) is 25.3 Å². The topological polar surface area (TPSA) is 87.8 Å². The Bertz CT molecular complexity index is 950.